The molecular weight excluding hydrogens is 412 g/mol. The predicted molar refractivity (Wildman–Crippen MR) is 115 cm³/mol. The molecule has 0 aliphatic carbocycles. The van der Waals surface area contributed by atoms with Gasteiger partial charge in [-0.25, -0.2) is 4.79 Å². The number of aromatic nitrogens is 3. The van der Waals surface area contributed by atoms with Crippen molar-refractivity contribution in [2.24, 2.45) is 0 Å². The number of amides is 1. The first-order chi connectivity index (χ1) is 15.5. The van der Waals surface area contributed by atoms with Crippen LogP contribution in [0.3, 0.4) is 0 Å². The highest BCUT2D eigenvalue weighted by Gasteiger charge is 2.29. The third-order valence-electron chi connectivity index (χ3n) is 5.47. The zero-order valence-electron chi connectivity index (χ0n) is 17.0. The van der Waals surface area contributed by atoms with E-state index in [1.807, 2.05) is 12.1 Å². The molecule has 1 atom stereocenters. The number of pyridine rings is 1. The van der Waals surface area contributed by atoms with Crippen LogP contribution in [0.5, 0.6) is 17.2 Å². The van der Waals surface area contributed by atoms with Gasteiger partial charge in [-0.3, -0.25) is 14.9 Å². The SMILES string of the molecule is COc1cc(C2CC(=O)Nc3n[nH]cc32)ccc1Oc1ccc(C(=O)O)c2cccnc12. The van der Waals surface area contributed by atoms with Gasteiger partial charge >= 0.3 is 5.97 Å². The van der Waals surface area contributed by atoms with Gasteiger partial charge in [0.05, 0.1) is 12.7 Å². The molecule has 0 saturated carbocycles. The number of H-pyrrole nitrogens is 1. The molecule has 2 aromatic carbocycles. The Morgan fingerprint density at radius 1 is 1.16 bits per heavy atom. The highest BCUT2D eigenvalue weighted by atomic mass is 16.5. The number of methoxy groups -OCH3 is 1. The van der Waals surface area contributed by atoms with Crippen LogP contribution in [-0.4, -0.2) is 39.3 Å². The number of benzene rings is 2. The number of anilines is 1. The van der Waals surface area contributed by atoms with Gasteiger partial charge in [0.25, 0.3) is 0 Å². The Morgan fingerprint density at radius 3 is 2.81 bits per heavy atom. The molecule has 4 aromatic rings. The number of ether oxygens (including phenoxy) is 2. The van der Waals surface area contributed by atoms with Crippen molar-refractivity contribution in [1.82, 2.24) is 15.2 Å². The highest BCUT2D eigenvalue weighted by molar-refractivity contribution is 6.04. The van der Waals surface area contributed by atoms with E-state index in [-0.39, 0.29) is 17.4 Å². The van der Waals surface area contributed by atoms with Crippen molar-refractivity contribution < 1.29 is 24.2 Å². The smallest absolute Gasteiger partial charge is 0.336 e. The van der Waals surface area contributed by atoms with E-state index in [4.69, 9.17) is 9.47 Å². The first kappa shape index (κ1) is 19.6. The average Bonchev–Trinajstić information content (AvgIpc) is 3.27. The second kappa shape index (κ2) is 7.69. The molecule has 2 aromatic heterocycles. The van der Waals surface area contributed by atoms with Crippen molar-refractivity contribution in [3.8, 4) is 17.2 Å². The molecule has 9 nitrogen and oxygen atoms in total. The Labute approximate surface area is 182 Å². The van der Waals surface area contributed by atoms with Crippen LogP contribution in [0.15, 0.2) is 54.9 Å². The molecule has 1 unspecified atom stereocenters. The lowest BCUT2D eigenvalue weighted by Gasteiger charge is -2.23. The van der Waals surface area contributed by atoms with Gasteiger partial charge in [0.2, 0.25) is 5.91 Å². The molecule has 3 heterocycles. The molecule has 0 radical (unpaired) electrons. The fourth-order valence-corrected chi connectivity index (χ4v) is 3.96. The van der Waals surface area contributed by atoms with E-state index in [1.165, 1.54) is 13.2 Å². The predicted octanol–water partition coefficient (Wildman–Crippen LogP) is 3.93. The van der Waals surface area contributed by atoms with Crippen molar-refractivity contribution in [2.75, 3.05) is 12.4 Å². The molecule has 3 N–H and O–H groups in total. The summed E-state index contributed by atoms with van der Waals surface area (Å²) >= 11 is 0. The van der Waals surface area contributed by atoms with Crippen LogP contribution in [0, 0.1) is 0 Å². The number of rotatable bonds is 5. The minimum atomic E-state index is -1.04. The number of hydrogen-bond acceptors (Lipinski definition) is 6. The van der Waals surface area contributed by atoms with E-state index < -0.39 is 5.97 Å². The maximum absolute atomic E-state index is 12.1. The van der Waals surface area contributed by atoms with E-state index >= 15 is 0 Å². The zero-order chi connectivity index (χ0) is 22.2. The number of carbonyl (C=O) groups excluding carboxylic acids is 1. The third-order valence-corrected chi connectivity index (χ3v) is 5.47. The normalized spacial score (nSPS) is 15.2. The molecule has 32 heavy (non-hydrogen) atoms. The van der Waals surface area contributed by atoms with Crippen LogP contribution in [-0.2, 0) is 4.79 Å². The number of nitrogens with one attached hydrogen (secondary N) is 2. The molecule has 160 valence electrons. The molecule has 9 heteroatoms. The number of nitrogens with zero attached hydrogens (tertiary/aromatic N) is 2. The van der Waals surface area contributed by atoms with Crippen molar-refractivity contribution in [3.05, 3.63) is 71.5 Å². The number of carboxylic acid groups (broad SMARTS) is 1. The largest absolute Gasteiger partial charge is 0.493 e. The van der Waals surface area contributed by atoms with Crippen molar-refractivity contribution >= 4 is 28.6 Å². The fourth-order valence-electron chi connectivity index (χ4n) is 3.96. The zero-order valence-corrected chi connectivity index (χ0v) is 17.0. The van der Waals surface area contributed by atoms with Crippen LogP contribution in [0.25, 0.3) is 10.9 Å². The summed E-state index contributed by atoms with van der Waals surface area (Å²) in [6.45, 7) is 0. The van der Waals surface area contributed by atoms with Gasteiger partial charge in [0, 0.05) is 35.7 Å². The van der Waals surface area contributed by atoms with Gasteiger partial charge in [-0.1, -0.05) is 12.1 Å². The molecule has 1 aliphatic heterocycles. The van der Waals surface area contributed by atoms with Crippen LogP contribution in [0.2, 0.25) is 0 Å². The van der Waals surface area contributed by atoms with Crippen molar-refractivity contribution in [2.45, 2.75) is 12.3 Å². The molecule has 0 spiro atoms. The Kier molecular flexibility index (Phi) is 4.70. The standard InChI is InChI=1S/C23H18N4O5/c1-31-19-9-12(15-10-20(28)26-22-16(15)11-25-27-22)4-6-17(19)32-18-7-5-14(23(29)30)13-3-2-8-24-21(13)18/h2-9,11,15H,10H2,1H3,(H,29,30)(H2,25,26,27,28). The van der Waals surface area contributed by atoms with Crippen molar-refractivity contribution in [1.29, 1.82) is 0 Å². The molecular formula is C23H18N4O5. The van der Waals surface area contributed by atoms with Gasteiger partial charge in [0.1, 0.15) is 5.52 Å². The van der Waals surface area contributed by atoms with Crippen LogP contribution in [0.4, 0.5) is 5.82 Å². The second-order valence-electron chi connectivity index (χ2n) is 7.32. The van der Waals surface area contributed by atoms with Gasteiger partial charge in [-0.15, -0.1) is 0 Å². The fraction of sp³-hybridized carbons (Fsp3) is 0.130. The number of fused-ring (bicyclic) bond motifs is 2. The number of aromatic amines is 1. The Hall–Kier alpha value is -4.40. The second-order valence-corrected chi connectivity index (χ2v) is 7.32. The first-order valence-corrected chi connectivity index (χ1v) is 9.85. The van der Waals surface area contributed by atoms with E-state index in [2.05, 4.69) is 20.5 Å². The third kappa shape index (κ3) is 3.29. The summed E-state index contributed by atoms with van der Waals surface area (Å²) in [5.41, 5.74) is 2.37. The van der Waals surface area contributed by atoms with Crippen LogP contribution < -0.4 is 14.8 Å². The van der Waals surface area contributed by atoms with Crippen LogP contribution in [0.1, 0.15) is 33.8 Å². The minimum Gasteiger partial charge on any atom is -0.493 e. The lowest BCUT2D eigenvalue weighted by Crippen LogP contribution is -2.22. The Bertz CT molecular complexity index is 1360. The topological polar surface area (TPSA) is 126 Å². The van der Waals surface area contributed by atoms with E-state index in [1.54, 1.807) is 36.7 Å². The summed E-state index contributed by atoms with van der Waals surface area (Å²) in [6.07, 6.45) is 3.65. The summed E-state index contributed by atoms with van der Waals surface area (Å²) < 4.78 is 11.6. The maximum Gasteiger partial charge on any atom is 0.336 e. The van der Waals surface area contributed by atoms with Crippen molar-refractivity contribution in [3.63, 3.8) is 0 Å². The number of aromatic carboxylic acids is 1. The van der Waals surface area contributed by atoms with E-state index in [0.717, 1.165) is 11.1 Å². The molecule has 0 saturated heterocycles. The van der Waals surface area contributed by atoms with Gasteiger partial charge < -0.3 is 19.9 Å². The lowest BCUT2D eigenvalue weighted by molar-refractivity contribution is -0.116. The summed E-state index contributed by atoms with van der Waals surface area (Å²) in [5.74, 6) is 0.547. The van der Waals surface area contributed by atoms with E-state index in [0.29, 0.717) is 40.4 Å². The molecule has 1 aliphatic rings. The highest BCUT2D eigenvalue weighted by Crippen LogP contribution is 2.41. The molecule has 0 fully saturated rings. The summed E-state index contributed by atoms with van der Waals surface area (Å²) in [5, 5.41) is 19.6. The van der Waals surface area contributed by atoms with Gasteiger partial charge in [0.15, 0.2) is 23.1 Å². The first-order valence-electron chi connectivity index (χ1n) is 9.85. The minimum absolute atomic E-state index is 0.107. The molecule has 0 bridgehead atoms. The molecule has 1 amide bonds. The maximum atomic E-state index is 12.1. The quantitative estimate of drug-likeness (QED) is 0.438. The van der Waals surface area contributed by atoms with Gasteiger partial charge in [-0.05, 0) is 35.9 Å². The Balaban J connectivity index is 1.52. The lowest BCUT2D eigenvalue weighted by atomic mass is 9.87. The average molecular weight is 430 g/mol. The summed E-state index contributed by atoms with van der Waals surface area (Å²) in [7, 11) is 1.53. The van der Waals surface area contributed by atoms with Gasteiger partial charge in [-0.2, -0.15) is 5.10 Å². The summed E-state index contributed by atoms with van der Waals surface area (Å²) in [6, 6.07) is 11.9. The van der Waals surface area contributed by atoms with E-state index in [9.17, 15) is 14.7 Å². The number of carboxylic acids is 1. The molecule has 5 rings (SSSR count). The van der Waals surface area contributed by atoms with Crippen LogP contribution >= 0.6 is 0 Å². The number of carbonyl (C=O) groups is 2. The number of hydrogen-bond donors (Lipinski definition) is 3. The Morgan fingerprint density at radius 2 is 2.00 bits per heavy atom. The summed E-state index contributed by atoms with van der Waals surface area (Å²) in [4.78, 5) is 28.0. The monoisotopic (exact) mass is 430 g/mol.